The van der Waals surface area contributed by atoms with Crippen LogP contribution in [0.1, 0.15) is 42.7 Å². The van der Waals surface area contributed by atoms with Crippen molar-refractivity contribution < 1.29 is 9.34 Å². The number of fused-ring (bicyclic) bond motifs is 1. The predicted molar refractivity (Wildman–Crippen MR) is 113 cm³/mol. The standard InChI is InChI=1S/C21H19N5O3S/c1-13(19-23-24-20(29-19)14-8-10-15(11-9-14)26(27)28)25-12-4-6-17(25)21-22-16-5-2-3-7-18(16)30-21/h2-3,5,7-11,13,17H,4,6,12H2,1H3. The second kappa shape index (κ2) is 7.58. The molecule has 0 aliphatic carbocycles. The monoisotopic (exact) mass is 421 g/mol. The molecule has 3 heterocycles. The van der Waals surface area contributed by atoms with Crippen molar-refractivity contribution in [1.82, 2.24) is 20.1 Å². The van der Waals surface area contributed by atoms with Crippen LogP contribution in [0.2, 0.25) is 0 Å². The molecule has 8 nitrogen and oxygen atoms in total. The highest BCUT2D eigenvalue weighted by Gasteiger charge is 2.34. The van der Waals surface area contributed by atoms with Gasteiger partial charge in [-0.2, -0.15) is 0 Å². The second-order valence-electron chi connectivity index (χ2n) is 7.34. The van der Waals surface area contributed by atoms with Crippen LogP contribution in [-0.2, 0) is 0 Å². The number of nitrogens with zero attached hydrogens (tertiary/aromatic N) is 5. The van der Waals surface area contributed by atoms with Crippen LogP contribution in [0, 0.1) is 10.1 Å². The van der Waals surface area contributed by atoms with Crippen LogP contribution < -0.4 is 0 Å². The van der Waals surface area contributed by atoms with Crippen molar-refractivity contribution in [2.24, 2.45) is 0 Å². The molecule has 0 saturated carbocycles. The minimum absolute atomic E-state index is 0.0302. The van der Waals surface area contributed by atoms with Gasteiger partial charge in [0.1, 0.15) is 5.01 Å². The summed E-state index contributed by atoms with van der Waals surface area (Å²) in [7, 11) is 0. The first kappa shape index (κ1) is 18.8. The highest BCUT2D eigenvalue weighted by Crippen LogP contribution is 2.41. The third kappa shape index (κ3) is 3.35. The number of benzene rings is 2. The van der Waals surface area contributed by atoms with Crippen LogP contribution >= 0.6 is 11.3 Å². The zero-order chi connectivity index (χ0) is 20.7. The fourth-order valence-corrected chi connectivity index (χ4v) is 5.06. The van der Waals surface area contributed by atoms with Gasteiger partial charge in [-0.3, -0.25) is 15.0 Å². The Kier molecular flexibility index (Phi) is 4.76. The topological polar surface area (TPSA) is 98.2 Å². The Morgan fingerprint density at radius 1 is 1.20 bits per heavy atom. The minimum atomic E-state index is -0.430. The molecule has 4 aromatic rings. The smallest absolute Gasteiger partial charge is 0.269 e. The molecular formula is C21H19N5O3S. The first-order chi connectivity index (χ1) is 14.6. The highest BCUT2D eigenvalue weighted by molar-refractivity contribution is 7.18. The van der Waals surface area contributed by atoms with Gasteiger partial charge in [0.2, 0.25) is 11.8 Å². The van der Waals surface area contributed by atoms with Gasteiger partial charge in [-0.25, -0.2) is 4.98 Å². The number of hydrogen-bond donors (Lipinski definition) is 0. The number of thiazole rings is 1. The summed E-state index contributed by atoms with van der Waals surface area (Å²) < 4.78 is 7.14. The van der Waals surface area contributed by atoms with Crippen molar-refractivity contribution in [2.45, 2.75) is 31.8 Å². The Morgan fingerprint density at radius 3 is 2.77 bits per heavy atom. The Labute approximate surface area is 176 Å². The fraction of sp³-hybridized carbons (Fsp3) is 0.286. The van der Waals surface area contributed by atoms with E-state index in [4.69, 9.17) is 9.40 Å². The first-order valence-corrected chi connectivity index (χ1v) is 10.6. The largest absolute Gasteiger partial charge is 0.419 e. The molecule has 1 aliphatic rings. The quantitative estimate of drug-likeness (QED) is 0.324. The summed E-state index contributed by atoms with van der Waals surface area (Å²) in [6.45, 7) is 3.01. The summed E-state index contributed by atoms with van der Waals surface area (Å²) in [6, 6.07) is 14.5. The summed E-state index contributed by atoms with van der Waals surface area (Å²) in [6.07, 6.45) is 2.14. The Hall–Kier alpha value is -3.17. The molecule has 0 amide bonds. The number of likely N-dealkylation sites (tertiary alicyclic amines) is 1. The van der Waals surface area contributed by atoms with Gasteiger partial charge in [-0.1, -0.05) is 12.1 Å². The third-order valence-electron chi connectivity index (χ3n) is 5.51. The Morgan fingerprint density at radius 2 is 2.00 bits per heavy atom. The van der Waals surface area contributed by atoms with E-state index in [1.807, 2.05) is 18.2 Å². The van der Waals surface area contributed by atoms with E-state index in [0.29, 0.717) is 17.3 Å². The molecule has 152 valence electrons. The van der Waals surface area contributed by atoms with Crippen molar-refractivity contribution in [3.8, 4) is 11.5 Å². The van der Waals surface area contributed by atoms with Gasteiger partial charge in [0.25, 0.3) is 5.69 Å². The SMILES string of the molecule is CC(c1nnc(-c2ccc([N+](=O)[O-])cc2)o1)N1CCCC1c1nc2ccccc2s1. The second-order valence-corrected chi connectivity index (χ2v) is 8.40. The van der Waals surface area contributed by atoms with Crippen molar-refractivity contribution in [2.75, 3.05) is 6.54 Å². The summed E-state index contributed by atoms with van der Waals surface area (Å²) in [5.41, 5.74) is 1.73. The van der Waals surface area contributed by atoms with Crippen molar-refractivity contribution in [1.29, 1.82) is 0 Å². The molecule has 30 heavy (non-hydrogen) atoms. The molecule has 1 aliphatic heterocycles. The van der Waals surface area contributed by atoms with Crippen molar-refractivity contribution >= 4 is 27.2 Å². The number of para-hydroxylation sites is 1. The van der Waals surface area contributed by atoms with Gasteiger partial charge >= 0.3 is 0 Å². The minimum Gasteiger partial charge on any atom is -0.419 e. The maximum atomic E-state index is 10.8. The average Bonchev–Trinajstić information content (AvgIpc) is 3.52. The average molecular weight is 421 g/mol. The number of nitro benzene ring substituents is 1. The number of non-ortho nitro benzene ring substituents is 1. The van der Waals surface area contributed by atoms with Crippen molar-refractivity contribution in [3.05, 3.63) is 69.5 Å². The molecule has 9 heteroatoms. The van der Waals surface area contributed by atoms with E-state index in [-0.39, 0.29) is 17.8 Å². The molecule has 2 atom stereocenters. The van der Waals surface area contributed by atoms with Gasteiger partial charge in [0.05, 0.1) is 27.2 Å². The van der Waals surface area contributed by atoms with Crippen LogP contribution in [0.4, 0.5) is 5.69 Å². The molecule has 1 saturated heterocycles. The number of aromatic nitrogens is 3. The third-order valence-corrected chi connectivity index (χ3v) is 6.65. The van der Waals surface area contributed by atoms with Gasteiger partial charge < -0.3 is 4.42 Å². The molecule has 0 spiro atoms. The molecule has 2 aromatic carbocycles. The number of nitro groups is 1. The van der Waals surface area contributed by atoms with Gasteiger partial charge in [0.15, 0.2) is 0 Å². The zero-order valence-corrected chi connectivity index (χ0v) is 17.1. The van der Waals surface area contributed by atoms with Gasteiger partial charge in [0, 0.05) is 17.7 Å². The van der Waals surface area contributed by atoms with Crippen LogP contribution in [0.3, 0.4) is 0 Å². The van der Waals surface area contributed by atoms with E-state index in [2.05, 4.69) is 28.1 Å². The lowest BCUT2D eigenvalue weighted by Gasteiger charge is -2.27. The van der Waals surface area contributed by atoms with Crippen LogP contribution in [0.25, 0.3) is 21.7 Å². The summed E-state index contributed by atoms with van der Waals surface area (Å²) in [5.74, 6) is 0.902. The van der Waals surface area contributed by atoms with E-state index in [1.54, 1.807) is 23.5 Å². The number of hydrogen-bond acceptors (Lipinski definition) is 8. The fourth-order valence-electron chi connectivity index (χ4n) is 3.94. The summed E-state index contributed by atoms with van der Waals surface area (Å²) >= 11 is 1.74. The van der Waals surface area contributed by atoms with E-state index in [0.717, 1.165) is 29.9 Å². The lowest BCUT2D eigenvalue weighted by Crippen LogP contribution is -2.26. The van der Waals surface area contributed by atoms with Crippen LogP contribution in [-0.4, -0.2) is 31.5 Å². The van der Waals surface area contributed by atoms with E-state index >= 15 is 0 Å². The van der Waals surface area contributed by atoms with Crippen molar-refractivity contribution in [3.63, 3.8) is 0 Å². The van der Waals surface area contributed by atoms with E-state index in [9.17, 15) is 10.1 Å². The highest BCUT2D eigenvalue weighted by atomic mass is 32.1. The number of rotatable bonds is 5. The maximum Gasteiger partial charge on any atom is 0.269 e. The molecular weight excluding hydrogens is 402 g/mol. The lowest BCUT2D eigenvalue weighted by atomic mass is 10.2. The Balaban J connectivity index is 1.38. The summed E-state index contributed by atoms with van der Waals surface area (Å²) in [4.78, 5) is 17.6. The molecule has 1 fully saturated rings. The van der Waals surface area contributed by atoms with Crippen LogP contribution in [0.5, 0.6) is 0 Å². The molecule has 5 rings (SSSR count). The van der Waals surface area contributed by atoms with Gasteiger partial charge in [-0.05, 0) is 50.6 Å². The molecule has 0 bridgehead atoms. The zero-order valence-electron chi connectivity index (χ0n) is 16.3. The first-order valence-electron chi connectivity index (χ1n) is 9.79. The van der Waals surface area contributed by atoms with Gasteiger partial charge in [-0.15, -0.1) is 21.5 Å². The lowest BCUT2D eigenvalue weighted by molar-refractivity contribution is -0.384. The molecule has 2 unspecified atom stereocenters. The predicted octanol–water partition coefficient (Wildman–Crippen LogP) is 5.15. The molecule has 0 radical (unpaired) electrons. The molecule has 2 aromatic heterocycles. The van der Waals surface area contributed by atoms with E-state index < -0.39 is 4.92 Å². The van der Waals surface area contributed by atoms with Crippen LogP contribution in [0.15, 0.2) is 52.9 Å². The molecule has 0 N–H and O–H groups in total. The summed E-state index contributed by atoms with van der Waals surface area (Å²) in [5, 5.41) is 20.4. The maximum absolute atomic E-state index is 10.8. The Bertz CT molecular complexity index is 1170. The normalized spacial score (nSPS) is 18.1. The van der Waals surface area contributed by atoms with E-state index in [1.165, 1.54) is 16.8 Å².